The molecule has 6 nitrogen and oxygen atoms in total. The third-order valence-corrected chi connectivity index (χ3v) is 5.97. The van der Waals surface area contributed by atoms with Crippen LogP contribution in [0.1, 0.15) is 34.7 Å². The molecule has 134 valence electrons. The molecule has 3 rings (SSSR count). The lowest BCUT2D eigenvalue weighted by Gasteiger charge is -2.19. The maximum atomic E-state index is 12.6. The number of rotatable bonds is 6. The van der Waals surface area contributed by atoms with Gasteiger partial charge in [0.2, 0.25) is 0 Å². The predicted octanol–water partition coefficient (Wildman–Crippen LogP) is 1.38. The van der Waals surface area contributed by atoms with Crippen molar-refractivity contribution in [1.29, 1.82) is 0 Å². The zero-order valence-electron chi connectivity index (χ0n) is 14.5. The van der Waals surface area contributed by atoms with Gasteiger partial charge in [0.1, 0.15) is 21.4 Å². The van der Waals surface area contributed by atoms with Crippen LogP contribution in [-0.4, -0.2) is 56.9 Å². The van der Waals surface area contributed by atoms with Gasteiger partial charge in [-0.3, -0.25) is 9.69 Å². The van der Waals surface area contributed by atoms with E-state index in [0.29, 0.717) is 29.7 Å². The number of furan rings is 1. The number of sulfone groups is 1. The van der Waals surface area contributed by atoms with Crippen LogP contribution in [0.15, 0.2) is 10.5 Å². The van der Waals surface area contributed by atoms with Crippen molar-refractivity contribution in [3.63, 3.8) is 0 Å². The SMILES string of the molecule is Cc1cc(C(=O)N[C@@H]2CN(CCS(C)(=O)=O)C[C@H]2C2CC2)c(C)o1. The Morgan fingerprint density at radius 1 is 1.33 bits per heavy atom. The van der Waals surface area contributed by atoms with Gasteiger partial charge in [0, 0.05) is 31.9 Å². The third-order valence-electron chi connectivity index (χ3n) is 5.05. The van der Waals surface area contributed by atoms with Crippen LogP contribution >= 0.6 is 0 Å². The highest BCUT2D eigenvalue weighted by Crippen LogP contribution is 2.41. The number of hydrogen-bond donors (Lipinski definition) is 1. The summed E-state index contributed by atoms with van der Waals surface area (Å²) in [6.45, 7) is 5.76. The van der Waals surface area contributed by atoms with E-state index < -0.39 is 9.84 Å². The number of aryl methyl sites for hydroxylation is 2. The van der Waals surface area contributed by atoms with Crippen molar-refractivity contribution in [3.8, 4) is 0 Å². The van der Waals surface area contributed by atoms with E-state index in [-0.39, 0.29) is 17.7 Å². The molecule has 0 radical (unpaired) electrons. The molecule has 2 aliphatic rings. The summed E-state index contributed by atoms with van der Waals surface area (Å²) in [5.41, 5.74) is 0.594. The Labute approximate surface area is 143 Å². The maximum Gasteiger partial charge on any atom is 0.255 e. The molecule has 1 amide bonds. The highest BCUT2D eigenvalue weighted by atomic mass is 32.2. The summed E-state index contributed by atoms with van der Waals surface area (Å²) in [6, 6.07) is 1.85. The second-order valence-electron chi connectivity index (χ2n) is 7.30. The fourth-order valence-electron chi connectivity index (χ4n) is 3.65. The molecule has 24 heavy (non-hydrogen) atoms. The lowest BCUT2D eigenvalue weighted by Crippen LogP contribution is -2.41. The Hall–Kier alpha value is -1.34. The molecule has 2 heterocycles. The molecule has 0 aromatic carbocycles. The molecule has 0 bridgehead atoms. The Morgan fingerprint density at radius 2 is 2.04 bits per heavy atom. The average Bonchev–Trinajstić information content (AvgIpc) is 3.15. The smallest absolute Gasteiger partial charge is 0.255 e. The summed E-state index contributed by atoms with van der Waals surface area (Å²) in [6.07, 6.45) is 3.69. The number of hydrogen-bond acceptors (Lipinski definition) is 5. The first kappa shape index (κ1) is 17.5. The van der Waals surface area contributed by atoms with Gasteiger partial charge in [0.15, 0.2) is 0 Å². The number of carbonyl (C=O) groups is 1. The van der Waals surface area contributed by atoms with Crippen molar-refractivity contribution in [2.24, 2.45) is 11.8 Å². The summed E-state index contributed by atoms with van der Waals surface area (Å²) < 4.78 is 28.2. The van der Waals surface area contributed by atoms with Crippen molar-refractivity contribution >= 4 is 15.7 Å². The van der Waals surface area contributed by atoms with E-state index >= 15 is 0 Å². The third kappa shape index (κ3) is 4.19. The normalized spacial score (nSPS) is 25.1. The number of nitrogens with zero attached hydrogens (tertiary/aromatic N) is 1. The van der Waals surface area contributed by atoms with Crippen LogP contribution in [0.2, 0.25) is 0 Å². The lowest BCUT2D eigenvalue weighted by atomic mass is 9.98. The molecular weight excluding hydrogens is 328 g/mol. The largest absolute Gasteiger partial charge is 0.466 e. The van der Waals surface area contributed by atoms with Crippen LogP contribution in [0.3, 0.4) is 0 Å². The molecule has 1 aromatic rings. The second-order valence-corrected chi connectivity index (χ2v) is 9.56. The Bertz CT molecular complexity index is 721. The van der Waals surface area contributed by atoms with Crippen LogP contribution in [0.25, 0.3) is 0 Å². The first-order valence-corrected chi connectivity index (χ1v) is 10.6. The molecule has 1 saturated carbocycles. The maximum absolute atomic E-state index is 12.6. The molecule has 1 aromatic heterocycles. The van der Waals surface area contributed by atoms with Crippen molar-refractivity contribution in [2.75, 3.05) is 31.6 Å². The predicted molar refractivity (Wildman–Crippen MR) is 91.8 cm³/mol. The van der Waals surface area contributed by atoms with Gasteiger partial charge in [-0.2, -0.15) is 0 Å². The van der Waals surface area contributed by atoms with E-state index in [4.69, 9.17) is 4.42 Å². The monoisotopic (exact) mass is 354 g/mol. The molecule has 7 heteroatoms. The summed E-state index contributed by atoms with van der Waals surface area (Å²) >= 11 is 0. The quantitative estimate of drug-likeness (QED) is 0.835. The van der Waals surface area contributed by atoms with Crippen LogP contribution in [0, 0.1) is 25.7 Å². The number of carbonyl (C=O) groups excluding carboxylic acids is 1. The van der Waals surface area contributed by atoms with Gasteiger partial charge < -0.3 is 9.73 Å². The fraction of sp³-hybridized carbons (Fsp3) is 0.706. The van der Waals surface area contributed by atoms with Gasteiger partial charge in [0.05, 0.1) is 11.3 Å². The zero-order chi connectivity index (χ0) is 17.5. The van der Waals surface area contributed by atoms with Gasteiger partial charge in [-0.05, 0) is 44.6 Å². The van der Waals surface area contributed by atoms with Crippen molar-refractivity contribution in [1.82, 2.24) is 10.2 Å². The second kappa shape index (κ2) is 6.52. The standard InChI is InChI=1S/C17H26N2O4S/c1-11-8-14(12(2)23-11)17(20)18-16-10-19(6-7-24(3,21)22)9-15(16)13-4-5-13/h8,13,15-16H,4-7,9-10H2,1-3H3,(H,18,20)/t15-,16+/m0/s1. The summed E-state index contributed by atoms with van der Waals surface area (Å²) in [4.78, 5) is 14.7. The molecule has 2 atom stereocenters. The minimum atomic E-state index is -2.96. The molecule has 1 aliphatic heterocycles. The van der Waals surface area contributed by atoms with E-state index in [1.807, 2.05) is 6.92 Å². The van der Waals surface area contributed by atoms with Crippen molar-refractivity contribution in [3.05, 3.63) is 23.2 Å². The average molecular weight is 354 g/mol. The Kier molecular flexibility index (Phi) is 4.75. The first-order chi connectivity index (χ1) is 11.2. The molecule has 0 spiro atoms. The highest BCUT2D eigenvalue weighted by molar-refractivity contribution is 7.90. The molecule has 1 saturated heterocycles. The van der Waals surface area contributed by atoms with Crippen LogP contribution < -0.4 is 5.32 Å². The summed E-state index contributed by atoms with van der Waals surface area (Å²) in [5.74, 6) is 2.53. The van der Waals surface area contributed by atoms with Crippen molar-refractivity contribution in [2.45, 2.75) is 32.7 Å². The minimum absolute atomic E-state index is 0.0826. The van der Waals surface area contributed by atoms with Crippen molar-refractivity contribution < 1.29 is 17.6 Å². The Morgan fingerprint density at radius 3 is 2.58 bits per heavy atom. The number of nitrogens with one attached hydrogen (secondary N) is 1. The molecule has 0 unspecified atom stereocenters. The van der Waals surface area contributed by atoms with Gasteiger partial charge >= 0.3 is 0 Å². The molecule has 1 N–H and O–H groups in total. The molecular formula is C17H26N2O4S. The number of likely N-dealkylation sites (tertiary alicyclic amines) is 1. The van der Waals surface area contributed by atoms with E-state index in [1.54, 1.807) is 13.0 Å². The Balaban J connectivity index is 1.64. The van der Waals surface area contributed by atoms with Crippen LogP contribution in [-0.2, 0) is 9.84 Å². The number of amides is 1. The summed E-state index contributed by atoms with van der Waals surface area (Å²) in [7, 11) is -2.96. The highest BCUT2D eigenvalue weighted by Gasteiger charge is 2.43. The van der Waals surface area contributed by atoms with Crippen LogP contribution in [0.4, 0.5) is 0 Å². The molecule has 1 aliphatic carbocycles. The summed E-state index contributed by atoms with van der Waals surface area (Å²) in [5, 5.41) is 3.16. The topological polar surface area (TPSA) is 79.6 Å². The van der Waals surface area contributed by atoms with E-state index in [9.17, 15) is 13.2 Å². The van der Waals surface area contributed by atoms with Gasteiger partial charge in [-0.25, -0.2) is 8.42 Å². The molecule has 2 fully saturated rings. The van der Waals surface area contributed by atoms with E-state index in [2.05, 4.69) is 10.2 Å². The van der Waals surface area contributed by atoms with Gasteiger partial charge in [-0.1, -0.05) is 0 Å². The van der Waals surface area contributed by atoms with Crippen LogP contribution in [0.5, 0.6) is 0 Å². The lowest BCUT2D eigenvalue weighted by molar-refractivity contribution is 0.0926. The fourth-order valence-corrected chi connectivity index (χ4v) is 4.24. The van der Waals surface area contributed by atoms with Gasteiger partial charge in [0.25, 0.3) is 5.91 Å². The van der Waals surface area contributed by atoms with E-state index in [1.165, 1.54) is 19.1 Å². The van der Waals surface area contributed by atoms with E-state index in [0.717, 1.165) is 18.8 Å². The van der Waals surface area contributed by atoms with Gasteiger partial charge in [-0.15, -0.1) is 0 Å². The first-order valence-electron chi connectivity index (χ1n) is 8.51. The minimum Gasteiger partial charge on any atom is -0.466 e. The zero-order valence-corrected chi connectivity index (χ0v) is 15.4.